The molecule has 0 fully saturated rings. The molecule has 0 aliphatic heterocycles. The summed E-state index contributed by atoms with van der Waals surface area (Å²) in [4.78, 5) is 25.0. The van der Waals surface area contributed by atoms with Crippen molar-refractivity contribution in [1.82, 2.24) is 10.9 Å². The molecule has 0 bridgehead atoms. The lowest BCUT2D eigenvalue weighted by Gasteiger charge is -2.12. The van der Waals surface area contributed by atoms with Gasteiger partial charge in [0, 0.05) is 27.2 Å². The van der Waals surface area contributed by atoms with Crippen molar-refractivity contribution in [1.29, 1.82) is 0 Å². The van der Waals surface area contributed by atoms with Crippen molar-refractivity contribution >= 4 is 35.2 Å². The SMILES string of the molecule is CC(CSc1ccccc1)C(=O)NNC(=O)c1ccc(Cl)cc1. The highest BCUT2D eigenvalue weighted by atomic mass is 35.5. The standard InChI is InChI=1S/C17H17ClN2O2S/c1-12(11-23-15-5-3-2-4-6-15)16(21)19-20-17(22)13-7-9-14(18)10-8-13/h2-10,12H,11H2,1H3,(H,19,21)(H,20,22). The average molecular weight is 349 g/mol. The van der Waals surface area contributed by atoms with Crippen LogP contribution in [0.5, 0.6) is 0 Å². The van der Waals surface area contributed by atoms with E-state index in [2.05, 4.69) is 10.9 Å². The molecule has 1 atom stereocenters. The van der Waals surface area contributed by atoms with E-state index in [1.54, 1.807) is 36.0 Å². The van der Waals surface area contributed by atoms with E-state index in [1.165, 1.54) is 0 Å². The van der Waals surface area contributed by atoms with E-state index in [-0.39, 0.29) is 17.7 Å². The maximum Gasteiger partial charge on any atom is 0.269 e. The Morgan fingerprint density at radius 3 is 2.35 bits per heavy atom. The van der Waals surface area contributed by atoms with Crippen molar-refractivity contribution in [3.05, 3.63) is 65.2 Å². The molecule has 0 saturated carbocycles. The molecule has 2 N–H and O–H groups in total. The molecule has 0 spiro atoms. The van der Waals surface area contributed by atoms with E-state index in [0.717, 1.165) is 4.90 Å². The van der Waals surface area contributed by atoms with Gasteiger partial charge in [-0.3, -0.25) is 20.4 Å². The molecule has 120 valence electrons. The van der Waals surface area contributed by atoms with Gasteiger partial charge in [-0.2, -0.15) is 0 Å². The van der Waals surface area contributed by atoms with Crippen LogP contribution >= 0.6 is 23.4 Å². The molecule has 0 radical (unpaired) electrons. The Kier molecular flexibility index (Phi) is 6.50. The van der Waals surface area contributed by atoms with Crippen LogP contribution in [0.15, 0.2) is 59.5 Å². The molecule has 2 aromatic carbocycles. The van der Waals surface area contributed by atoms with Crippen molar-refractivity contribution in [3.63, 3.8) is 0 Å². The van der Waals surface area contributed by atoms with Gasteiger partial charge in [-0.25, -0.2) is 0 Å². The fourth-order valence-corrected chi connectivity index (χ4v) is 2.80. The van der Waals surface area contributed by atoms with Gasteiger partial charge in [0.15, 0.2) is 0 Å². The second kappa shape index (κ2) is 8.60. The monoisotopic (exact) mass is 348 g/mol. The smallest absolute Gasteiger partial charge is 0.269 e. The van der Waals surface area contributed by atoms with Crippen LogP contribution in [0.2, 0.25) is 5.02 Å². The van der Waals surface area contributed by atoms with Crippen LogP contribution in [-0.4, -0.2) is 17.6 Å². The fraction of sp³-hybridized carbons (Fsp3) is 0.176. The van der Waals surface area contributed by atoms with Crippen LogP contribution in [0, 0.1) is 5.92 Å². The van der Waals surface area contributed by atoms with Crippen LogP contribution in [0.4, 0.5) is 0 Å². The van der Waals surface area contributed by atoms with Crippen molar-refractivity contribution in [2.24, 2.45) is 5.92 Å². The Hall–Kier alpha value is -1.98. The zero-order chi connectivity index (χ0) is 16.7. The van der Waals surface area contributed by atoms with Crippen LogP contribution in [-0.2, 0) is 4.79 Å². The summed E-state index contributed by atoms with van der Waals surface area (Å²) >= 11 is 7.37. The normalized spacial score (nSPS) is 11.6. The highest BCUT2D eigenvalue weighted by molar-refractivity contribution is 7.99. The van der Waals surface area contributed by atoms with Crippen molar-refractivity contribution < 1.29 is 9.59 Å². The predicted molar refractivity (Wildman–Crippen MR) is 93.4 cm³/mol. The van der Waals surface area contributed by atoms with Crippen LogP contribution in [0.1, 0.15) is 17.3 Å². The maximum atomic E-state index is 12.0. The second-order valence-electron chi connectivity index (χ2n) is 4.98. The summed E-state index contributed by atoms with van der Waals surface area (Å²) in [6.07, 6.45) is 0. The first kappa shape index (κ1) is 17.4. The number of thioether (sulfide) groups is 1. The van der Waals surface area contributed by atoms with Crippen molar-refractivity contribution in [2.75, 3.05) is 5.75 Å². The highest BCUT2D eigenvalue weighted by Crippen LogP contribution is 2.20. The maximum absolute atomic E-state index is 12.0. The Morgan fingerprint density at radius 1 is 1.04 bits per heavy atom. The van der Waals surface area contributed by atoms with Gasteiger partial charge >= 0.3 is 0 Å². The molecule has 0 aromatic heterocycles. The van der Waals surface area contributed by atoms with E-state index in [9.17, 15) is 9.59 Å². The quantitative estimate of drug-likeness (QED) is 0.642. The zero-order valence-corrected chi connectivity index (χ0v) is 14.2. The first-order valence-corrected chi connectivity index (χ1v) is 8.46. The predicted octanol–water partition coefficient (Wildman–Crippen LogP) is 3.53. The Bertz CT molecular complexity index is 662. The zero-order valence-electron chi connectivity index (χ0n) is 12.6. The van der Waals surface area contributed by atoms with E-state index >= 15 is 0 Å². The third-order valence-electron chi connectivity index (χ3n) is 3.10. The molecule has 2 amide bonds. The number of amides is 2. The van der Waals surface area contributed by atoms with Crippen molar-refractivity contribution in [3.8, 4) is 0 Å². The summed E-state index contributed by atoms with van der Waals surface area (Å²) in [5.41, 5.74) is 5.28. The number of hydrazine groups is 1. The Labute approximate surface area is 144 Å². The Balaban J connectivity index is 1.77. The third-order valence-corrected chi connectivity index (χ3v) is 4.62. The molecule has 4 nitrogen and oxygen atoms in total. The van der Waals surface area contributed by atoms with Crippen LogP contribution < -0.4 is 10.9 Å². The van der Waals surface area contributed by atoms with Crippen LogP contribution in [0.3, 0.4) is 0 Å². The number of hydrogen-bond acceptors (Lipinski definition) is 3. The van der Waals surface area contributed by atoms with Crippen LogP contribution in [0.25, 0.3) is 0 Å². The van der Waals surface area contributed by atoms with Gasteiger partial charge in [0.2, 0.25) is 5.91 Å². The molecule has 23 heavy (non-hydrogen) atoms. The summed E-state index contributed by atoms with van der Waals surface area (Å²) in [7, 11) is 0. The van der Waals surface area contributed by atoms with Gasteiger partial charge < -0.3 is 0 Å². The topological polar surface area (TPSA) is 58.2 Å². The summed E-state index contributed by atoms with van der Waals surface area (Å²) < 4.78 is 0. The van der Waals surface area contributed by atoms with Gasteiger partial charge in [0.05, 0.1) is 0 Å². The van der Waals surface area contributed by atoms with Gasteiger partial charge in [0.1, 0.15) is 0 Å². The largest absolute Gasteiger partial charge is 0.273 e. The molecular formula is C17H17ClN2O2S. The summed E-state index contributed by atoms with van der Waals surface area (Å²) in [6.45, 7) is 1.82. The average Bonchev–Trinajstić information content (AvgIpc) is 2.58. The molecule has 0 aliphatic carbocycles. The highest BCUT2D eigenvalue weighted by Gasteiger charge is 2.14. The molecule has 0 saturated heterocycles. The molecular weight excluding hydrogens is 332 g/mol. The fourth-order valence-electron chi connectivity index (χ4n) is 1.73. The number of nitrogens with one attached hydrogen (secondary N) is 2. The minimum Gasteiger partial charge on any atom is -0.273 e. The lowest BCUT2D eigenvalue weighted by molar-refractivity contribution is -0.124. The number of benzene rings is 2. The molecule has 2 rings (SSSR count). The molecule has 2 aromatic rings. The molecule has 0 aliphatic rings. The number of carbonyl (C=O) groups excluding carboxylic acids is 2. The summed E-state index contributed by atoms with van der Waals surface area (Å²) in [5, 5.41) is 0.553. The van der Waals surface area contributed by atoms with Gasteiger partial charge in [-0.1, -0.05) is 36.7 Å². The lowest BCUT2D eigenvalue weighted by atomic mass is 10.2. The van der Waals surface area contributed by atoms with Gasteiger partial charge in [-0.15, -0.1) is 11.8 Å². The van der Waals surface area contributed by atoms with Gasteiger partial charge in [0.25, 0.3) is 5.91 Å². The first-order valence-electron chi connectivity index (χ1n) is 7.10. The summed E-state index contributed by atoms with van der Waals surface area (Å²) in [6, 6.07) is 16.3. The van der Waals surface area contributed by atoms with Crippen molar-refractivity contribution in [2.45, 2.75) is 11.8 Å². The van der Waals surface area contributed by atoms with E-state index in [0.29, 0.717) is 16.3 Å². The number of hydrogen-bond donors (Lipinski definition) is 2. The van der Waals surface area contributed by atoms with E-state index in [4.69, 9.17) is 11.6 Å². The minimum atomic E-state index is -0.377. The molecule has 1 unspecified atom stereocenters. The lowest BCUT2D eigenvalue weighted by Crippen LogP contribution is -2.44. The first-order chi connectivity index (χ1) is 11.1. The number of carbonyl (C=O) groups is 2. The van der Waals surface area contributed by atoms with E-state index in [1.807, 2.05) is 37.3 Å². The second-order valence-corrected chi connectivity index (χ2v) is 6.51. The minimum absolute atomic E-state index is 0.226. The third kappa shape index (κ3) is 5.62. The van der Waals surface area contributed by atoms with E-state index < -0.39 is 0 Å². The number of halogens is 1. The molecule has 0 heterocycles. The summed E-state index contributed by atoms with van der Waals surface area (Å²) in [5.74, 6) is -0.202. The molecule has 6 heteroatoms. The Morgan fingerprint density at radius 2 is 1.70 bits per heavy atom. The van der Waals surface area contributed by atoms with Gasteiger partial charge in [-0.05, 0) is 36.4 Å². The number of rotatable bonds is 5.